The molecule has 2 aliphatic heterocycles. The number of piperidine rings is 1. The molecule has 0 unspecified atom stereocenters. The average molecular weight is 398 g/mol. The number of carbonyl (C=O) groups is 1. The van der Waals surface area contributed by atoms with E-state index in [4.69, 9.17) is 4.74 Å². The number of aliphatic hydroxyl groups is 1. The van der Waals surface area contributed by atoms with Crippen LogP contribution in [0.1, 0.15) is 37.1 Å². The van der Waals surface area contributed by atoms with Crippen LogP contribution >= 0.6 is 0 Å². The molecule has 0 saturated carbocycles. The molecule has 2 aliphatic rings. The summed E-state index contributed by atoms with van der Waals surface area (Å²) in [4.78, 5) is 20.5. The fourth-order valence-electron chi connectivity index (χ4n) is 5.32. The van der Waals surface area contributed by atoms with Crippen molar-refractivity contribution in [1.82, 2.24) is 14.8 Å². The van der Waals surface area contributed by atoms with Crippen molar-refractivity contribution in [2.45, 2.75) is 32.2 Å². The van der Waals surface area contributed by atoms with E-state index < -0.39 is 0 Å². The first-order valence-electron chi connectivity index (χ1n) is 10.5. The molecule has 1 aromatic heterocycles. The smallest absolute Gasteiger partial charge is 0.252 e. The Morgan fingerprint density at radius 2 is 2.21 bits per heavy atom. The highest BCUT2D eigenvalue weighted by Crippen LogP contribution is 2.47. The van der Waals surface area contributed by atoms with Gasteiger partial charge in [-0.15, -0.1) is 0 Å². The first-order chi connectivity index (χ1) is 14.0. The minimum Gasteiger partial charge on any atom is -0.515 e. The molecule has 156 valence electrons. The van der Waals surface area contributed by atoms with E-state index in [1.54, 1.807) is 26.1 Å². The molecular weight excluding hydrogens is 366 g/mol. The zero-order chi connectivity index (χ0) is 20.7. The Balaban J connectivity index is 1.75. The third-order valence-corrected chi connectivity index (χ3v) is 6.80. The Hall–Kier alpha value is -2.47. The predicted molar refractivity (Wildman–Crippen MR) is 114 cm³/mol. The Kier molecular flexibility index (Phi) is 5.30. The topological polar surface area (TPSA) is 68.8 Å². The highest BCUT2D eigenvalue weighted by molar-refractivity contribution is 5.93. The van der Waals surface area contributed by atoms with Gasteiger partial charge >= 0.3 is 0 Å². The van der Waals surface area contributed by atoms with Crippen LogP contribution in [0.2, 0.25) is 0 Å². The Morgan fingerprint density at radius 1 is 1.41 bits per heavy atom. The molecule has 0 spiro atoms. The summed E-state index contributed by atoms with van der Waals surface area (Å²) in [5.74, 6) is 1.21. The number of likely N-dealkylation sites (N-methyl/N-ethyl adjacent to an activating group) is 1. The van der Waals surface area contributed by atoms with E-state index >= 15 is 0 Å². The lowest BCUT2D eigenvalue weighted by molar-refractivity contribution is -0.126. The lowest BCUT2D eigenvalue weighted by Gasteiger charge is -2.46. The normalized spacial score (nSPS) is 24.8. The number of hydrogen-bond acceptors (Lipinski definition) is 4. The van der Waals surface area contributed by atoms with Crippen LogP contribution < -0.4 is 4.74 Å². The van der Waals surface area contributed by atoms with Crippen LogP contribution in [-0.4, -0.2) is 60.1 Å². The lowest BCUT2D eigenvalue weighted by Crippen LogP contribution is -2.47. The number of nitrogens with zero attached hydrogens (tertiary/aromatic N) is 2. The number of fused-ring (bicyclic) bond motifs is 5. The molecule has 1 amide bonds. The van der Waals surface area contributed by atoms with E-state index in [1.165, 1.54) is 16.6 Å². The number of aromatic nitrogens is 1. The SMILES string of the molecule is CC[C@@H]1CN2CCc3c([nH]c4cccc(OC)c34)[C@@H]2C[C@@H]1/C(=C\O)C(=O)N(C)C. The molecule has 2 aromatic rings. The monoisotopic (exact) mass is 397 g/mol. The zero-order valence-corrected chi connectivity index (χ0v) is 17.7. The second-order valence-electron chi connectivity index (χ2n) is 8.46. The Labute approximate surface area is 172 Å². The summed E-state index contributed by atoms with van der Waals surface area (Å²) >= 11 is 0. The van der Waals surface area contributed by atoms with Gasteiger partial charge < -0.3 is 19.7 Å². The first kappa shape index (κ1) is 19.8. The maximum atomic E-state index is 12.7. The molecule has 6 heteroatoms. The largest absolute Gasteiger partial charge is 0.515 e. The third kappa shape index (κ3) is 3.19. The van der Waals surface area contributed by atoms with E-state index in [0.29, 0.717) is 11.5 Å². The van der Waals surface area contributed by atoms with Gasteiger partial charge in [-0.1, -0.05) is 19.4 Å². The molecule has 0 bridgehead atoms. The number of carbonyl (C=O) groups excluding carboxylic acids is 1. The van der Waals surface area contributed by atoms with Crippen LogP contribution in [0.5, 0.6) is 5.75 Å². The molecule has 0 radical (unpaired) electrons. The van der Waals surface area contributed by atoms with Gasteiger partial charge in [0.25, 0.3) is 5.91 Å². The minimum atomic E-state index is -0.0984. The minimum absolute atomic E-state index is 0.0420. The summed E-state index contributed by atoms with van der Waals surface area (Å²) in [5.41, 5.74) is 4.21. The van der Waals surface area contributed by atoms with E-state index in [1.807, 2.05) is 12.1 Å². The summed E-state index contributed by atoms with van der Waals surface area (Å²) in [6.45, 7) is 4.12. The fraction of sp³-hybridized carbons (Fsp3) is 0.522. The van der Waals surface area contributed by atoms with Crippen molar-refractivity contribution >= 4 is 16.8 Å². The van der Waals surface area contributed by atoms with Gasteiger partial charge in [-0.2, -0.15) is 0 Å². The van der Waals surface area contributed by atoms with Gasteiger partial charge in [-0.25, -0.2) is 0 Å². The molecule has 3 atom stereocenters. The standard InChI is InChI=1S/C23H31N3O3/c1-5-14-12-26-10-9-15-21-18(7-6-8-20(21)29-4)24-22(15)19(26)11-16(14)17(13-27)23(28)25(2)3/h6-8,13-14,16,19,24,27H,5,9-12H2,1-4H3/b17-13+/t14-,16+,19+/m1/s1. The molecule has 1 saturated heterocycles. The molecule has 1 fully saturated rings. The number of amides is 1. The first-order valence-corrected chi connectivity index (χ1v) is 10.5. The molecule has 2 N–H and O–H groups in total. The molecule has 29 heavy (non-hydrogen) atoms. The van der Waals surface area contributed by atoms with Crippen molar-refractivity contribution in [2.24, 2.45) is 11.8 Å². The van der Waals surface area contributed by atoms with Crippen LogP contribution in [0.25, 0.3) is 10.9 Å². The van der Waals surface area contributed by atoms with Crippen LogP contribution in [-0.2, 0) is 11.2 Å². The van der Waals surface area contributed by atoms with E-state index in [9.17, 15) is 9.90 Å². The fourth-order valence-corrected chi connectivity index (χ4v) is 5.32. The molecule has 1 aromatic carbocycles. The zero-order valence-electron chi connectivity index (χ0n) is 17.7. The maximum absolute atomic E-state index is 12.7. The van der Waals surface area contributed by atoms with Crippen LogP contribution in [0.15, 0.2) is 30.0 Å². The highest BCUT2D eigenvalue weighted by Gasteiger charge is 2.42. The Morgan fingerprint density at radius 3 is 2.86 bits per heavy atom. The van der Waals surface area contributed by atoms with Gasteiger partial charge in [-0.3, -0.25) is 9.69 Å². The summed E-state index contributed by atoms with van der Waals surface area (Å²) in [7, 11) is 5.20. The molecule has 0 aliphatic carbocycles. The third-order valence-electron chi connectivity index (χ3n) is 6.80. The lowest BCUT2D eigenvalue weighted by atomic mass is 9.73. The Bertz CT molecular complexity index is 946. The average Bonchev–Trinajstić information content (AvgIpc) is 3.12. The van der Waals surface area contributed by atoms with Crippen molar-refractivity contribution in [1.29, 1.82) is 0 Å². The number of benzene rings is 1. The molecular formula is C23H31N3O3. The molecule has 4 rings (SSSR count). The van der Waals surface area contributed by atoms with E-state index in [-0.39, 0.29) is 17.9 Å². The number of aromatic amines is 1. The van der Waals surface area contributed by atoms with Gasteiger partial charge in [0.2, 0.25) is 0 Å². The van der Waals surface area contributed by atoms with Crippen LogP contribution in [0.3, 0.4) is 0 Å². The van der Waals surface area contributed by atoms with Gasteiger partial charge in [0, 0.05) is 43.8 Å². The quantitative estimate of drug-likeness (QED) is 0.610. The highest BCUT2D eigenvalue weighted by atomic mass is 16.5. The number of H-pyrrole nitrogens is 1. The van der Waals surface area contributed by atoms with Gasteiger partial charge in [-0.05, 0) is 42.4 Å². The number of nitrogens with one attached hydrogen (secondary N) is 1. The number of aliphatic hydroxyl groups excluding tert-OH is 1. The second kappa shape index (κ2) is 7.75. The number of methoxy groups -OCH3 is 1. The number of rotatable bonds is 4. The van der Waals surface area contributed by atoms with Crippen molar-refractivity contribution < 1.29 is 14.6 Å². The van der Waals surface area contributed by atoms with Gasteiger partial charge in [0.15, 0.2) is 0 Å². The number of ether oxygens (including phenoxy) is 1. The van der Waals surface area contributed by atoms with Crippen molar-refractivity contribution in [2.75, 3.05) is 34.3 Å². The van der Waals surface area contributed by atoms with E-state index in [0.717, 1.165) is 49.9 Å². The van der Waals surface area contributed by atoms with Crippen molar-refractivity contribution in [3.05, 3.63) is 41.3 Å². The maximum Gasteiger partial charge on any atom is 0.252 e. The van der Waals surface area contributed by atoms with Crippen LogP contribution in [0.4, 0.5) is 0 Å². The second-order valence-corrected chi connectivity index (χ2v) is 8.46. The summed E-state index contributed by atoms with van der Waals surface area (Å²) in [6.07, 6.45) is 3.85. The number of hydrogen-bond donors (Lipinski definition) is 2. The van der Waals surface area contributed by atoms with Crippen molar-refractivity contribution in [3.8, 4) is 5.75 Å². The van der Waals surface area contributed by atoms with Gasteiger partial charge in [0.1, 0.15) is 5.75 Å². The predicted octanol–water partition coefficient (Wildman–Crippen LogP) is 3.65. The van der Waals surface area contributed by atoms with E-state index in [2.05, 4.69) is 22.9 Å². The summed E-state index contributed by atoms with van der Waals surface area (Å²) in [5, 5.41) is 11.1. The van der Waals surface area contributed by atoms with Gasteiger partial charge in [0.05, 0.1) is 25.0 Å². The summed E-state index contributed by atoms with van der Waals surface area (Å²) in [6, 6.07) is 6.35. The molecule has 6 nitrogen and oxygen atoms in total. The van der Waals surface area contributed by atoms with Crippen LogP contribution in [0, 0.1) is 11.8 Å². The molecule has 3 heterocycles. The van der Waals surface area contributed by atoms with Crippen molar-refractivity contribution in [3.63, 3.8) is 0 Å². The summed E-state index contributed by atoms with van der Waals surface area (Å²) < 4.78 is 5.63.